The Labute approximate surface area is 58.7 Å². The van der Waals surface area contributed by atoms with Gasteiger partial charge in [0.05, 0.1) is 0 Å². The fourth-order valence-corrected chi connectivity index (χ4v) is 0.536. The van der Waals surface area contributed by atoms with Gasteiger partial charge in [0.25, 0.3) is 0 Å². The third-order valence-corrected chi connectivity index (χ3v) is 1.09. The Bertz CT molecular complexity index is 139. The first-order chi connectivity index (χ1) is 4.39. The minimum Gasteiger partial charge on any atom is -0.265 e. The minimum absolute atomic E-state index is 1.18. The van der Waals surface area contributed by atoms with Crippen molar-refractivity contribution in [2.24, 2.45) is 0 Å². The zero-order valence-electron chi connectivity index (χ0n) is 5.83. The summed E-state index contributed by atoms with van der Waals surface area (Å²) in [6, 6.07) is 3.87. The maximum atomic E-state index is 3.83. The average Bonchev–Trinajstić information content (AvgIpc) is 1.94. The van der Waals surface area contributed by atoms with E-state index in [1.165, 1.54) is 5.30 Å². The van der Waals surface area contributed by atoms with Crippen LogP contribution in [0.5, 0.6) is 0 Å². The van der Waals surface area contributed by atoms with Gasteiger partial charge in [-0.25, -0.2) is 0 Å². The largest absolute Gasteiger partial charge is 0.265 e. The molecule has 0 spiro atoms. The lowest BCUT2D eigenvalue weighted by molar-refractivity contribution is 1.34. The Morgan fingerprint density at radius 1 is 1.22 bits per heavy atom. The minimum atomic E-state index is 1.18. The third-order valence-electron chi connectivity index (χ3n) is 0.706. The highest BCUT2D eigenvalue weighted by atomic mass is 31.0. The summed E-state index contributed by atoms with van der Waals surface area (Å²) < 4.78 is 0. The summed E-state index contributed by atoms with van der Waals surface area (Å²) in [5.41, 5.74) is 0. The summed E-state index contributed by atoms with van der Waals surface area (Å²) in [5.74, 6) is 0. The molecule has 1 aromatic rings. The molecule has 50 valence electrons. The van der Waals surface area contributed by atoms with Crippen LogP contribution in [0.2, 0.25) is 0 Å². The molecule has 0 N–H and O–H groups in total. The predicted molar refractivity (Wildman–Crippen MR) is 44.9 cm³/mol. The van der Waals surface area contributed by atoms with E-state index in [4.69, 9.17) is 0 Å². The summed E-state index contributed by atoms with van der Waals surface area (Å²) in [7, 11) is 2.59. The molecule has 0 saturated heterocycles. The molecule has 1 rings (SSSR count). The Morgan fingerprint density at radius 3 is 1.89 bits per heavy atom. The fourth-order valence-electron chi connectivity index (χ4n) is 0.363. The number of hydrogen-bond acceptors (Lipinski definition) is 1. The van der Waals surface area contributed by atoms with E-state index in [1.807, 2.05) is 26.0 Å². The molecular weight excluding hydrogens is 129 g/mol. The van der Waals surface area contributed by atoms with Gasteiger partial charge in [-0.1, -0.05) is 13.8 Å². The van der Waals surface area contributed by atoms with Gasteiger partial charge in [-0.15, -0.1) is 9.24 Å². The quantitative estimate of drug-likeness (QED) is 0.500. The first-order valence-corrected chi connectivity index (χ1v) is 3.63. The van der Waals surface area contributed by atoms with Crippen LogP contribution in [0.1, 0.15) is 13.8 Å². The SMILES string of the molecule is CC.Pc1ccncc1. The first-order valence-electron chi connectivity index (χ1n) is 3.05. The summed E-state index contributed by atoms with van der Waals surface area (Å²) in [4.78, 5) is 3.83. The van der Waals surface area contributed by atoms with Gasteiger partial charge in [0.15, 0.2) is 0 Å². The van der Waals surface area contributed by atoms with Crippen molar-refractivity contribution in [3.05, 3.63) is 24.5 Å². The average molecular weight is 141 g/mol. The van der Waals surface area contributed by atoms with E-state index in [0.29, 0.717) is 0 Å². The Balaban J connectivity index is 0.000000291. The summed E-state index contributed by atoms with van der Waals surface area (Å²) >= 11 is 0. The lowest BCUT2D eigenvalue weighted by Gasteiger charge is -1.82. The van der Waals surface area contributed by atoms with Crippen LogP contribution in [0, 0.1) is 0 Å². The molecule has 0 amide bonds. The van der Waals surface area contributed by atoms with Gasteiger partial charge in [0.2, 0.25) is 0 Å². The topological polar surface area (TPSA) is 12.9 Å². The Hall–Kier alpha value is -0.420. The molecule has 1 heterocycles. The highest BCUT2D eigenvalue weighted by Gasteiger charge is 1.73. The van der Waals surface area contributed by atoms with Crippen molar-refractivity contribution < 1.29 is 0 Å². The van der Waals surface area contributed by atoms with Gasteiger partial charge >= 0.3 is 0 Å². The zero-order valence-corrected chi connectivity index (χ0v) is 6.99. The predicted octanol–water partition coefficient (Wildman–Crippen LogP) is 1.61. The number of hydrogen-bond donors (Lipinski definition) is 0. The van der Waals surface area contributed by atoms with Crippen molar-refractivity contribution >= 4 is 14.5 Å². The molecule has 0 aliphatic carbocycles. The van der Waals surface area contributed by atoms with Gasteiger partial charge in [-0.05, 0) is 17.4 Å². The second kappa shape index (κ2) is 5.71. The number of pyridine rings is 1. The van der Waals surface area contributed by atoms with Crippen LogP contribution >= 0.6 is 9.24 Å². The Morgan fingerprint density at radius 2 is 1.67 bits per heavy atom. The van der Waals surface area contributed by atoms with Crippen molar-refractivity contribution in [1.82, 2.24) is 4.98 Å². The van der Waals surface area contributed by atoms with E-state index in [1.54, 1.807) is 12.4 Å². The standard InChI is InChI=1S/C5H6NP.C2H6/c7-5-1-3-6-4-2-5;1-2/h1-4H,7H2;1-2H3. The summed E-state index contributed by atoms with van der Waals surface area (Å²) in [5, 5.41) is 1.18. The second-order valence-corrected chi connectivity index (χ2v) is 1.95. The van der Waals surface area contributed by atoms with Crippen LogP contribution in [0.3, 0.4) is 0 Å². The third kappa shape index (κ3) is 4.11. The monoisotopic (exact) mass is 141 g/mol. The Kier molecular flexibility index (Phi) is 5.45. The molecule has 0 radical (unpaired) electrons. The summed E-state index contributed by atoms with van der Waals surface area (Å²) in [6.07, 6.45) is 3.53. The highest BCUT2D eigenvalue weighted by Crippen LogP contribution is 1.82. The smallest absolute Gasteiger partial charge is 0.0273 e. The number of nitrogens with zero attached hydrogens (tertiary/aromatic N) is 1. The van der Waals surface area contributed by atoms with Crippen molar-refractivity contribution in [2.45, 2.75) is 13.8 Å². The van der Waals surface area contributed by atoms with Crippen LogP contribution < -0.4 is 5.30 Å². The molecule has 2 heteroatoms. The van der Waals surface area contributed by atoms with Crippen molar-refractivity contribution in [1.29, 1.82) is 0 Å². The van der Waals surface area contributed by atoms with Crippen LogP contribution in [-0.4, -0.2) is 4.98 Å². The molecule has 0 saturated carbocycles. The van der Waals surface area contributed by atoms with Gasteiger partial charge in [0.1, 0.15) is 0 Å². The first kappa shape index (κ1) is 8.58. The maximum absolute atomic E-state index is 3.83. The van der Waals surface area contributed by atoms with Crippen LogP contribution in [0.15, 0.2) is 24.5 Å². The molecule has 1 aromatic heterocycles. The van der Waals surface area contributed by atoms with Gasteiger partial charge in [-0.2, -0.15) is 0 Å². The molecule has 1 atom stereocenters. The highest BCUT2D eigenvalue weighted by molar-refractivity contribution is 7.27. The molecule has 9 heavy (non-hydrogen) atoms. The normalized spacial score (nSPS) is 7.44. The van der Waals surface area contributed by atoms with Crippen LogP contribution in [-0.2, 0) is 0 Å². The van der Waals surface area contributed by atoms with E-state index in [0.717, 1.165) is 0 Å². The van der Waals surface area contributed by atoms with Gasteiger partial charge < -0.3 is 0 Å². The van der Waals surface area contributed by atoms with Crippen molar-refractivity contribution in [3.8, 4) is 0 Å². The van der Waals surface area contributed by atoms with E-state index in [-0.39, 0.29) is 0 Å². The molecule has 0 aliphatic heterocycles. The molecule has 0 aromatic carbocycles. The van der Waals surface area contributed by atoms with E-state index in [9.17, 15) is 0 Å². The van der Waals surface area contributed by atoms with Crippen molar-refractivity contribution in [2.75, 3.05) is 0 Å². The molecule has 0 aliphatic rings. The lowest BCUT2D eigenvalue weighted by atomic mass is 10.5. The summed E-state index contributed by atoms with van der Waals surface area (Å²) in [6.45, 7) is 4.00. The van der Waals surface area contributed by atoms with Crippen molar-refractivity contribution in [3.63, 3.8) is 0 Å². The van der Waals surface area contributed by atoms with Crippen LogP contribution in [0.4, 0.5) is 0 Å². The van der Waals surface area contributed by atoms with E-state index < -0.39 is 0 Å². The molecular formula is C7H12NP. The molecule has 0 fully saturated rings. The van der Waals surface area contributed by atoms with E-state index in [2.05, 4.69) is 14.2 Å². The van der Waals surface area contributed by atoms with Crippen LogP contribution in [0.25, 0.3) is 0 Å². The van der Waals surface area contributed by atoms with Gasteiger partial charge in [-0.3, -0.25) is 4.98 Å². The van der Waals surface area contributed by atoms with E-state index >= 15 is 0 Å². The zero-order chi connectivity index (χ0) is 7.11. The second-order valence-electron chi connectivity index (χ2n) is 1.28. The maximum Gasteiger partial charge on any atom is 0.0273 e. The molecule has 0 bridgehead atoms. The molecule has 1 unspecified atom stereocenters. The number of rotatable bonds is 0. The number of aromatic nitrogens is 1. The van der Waals surface area contributed by atoms with Gasteiger partial charge in [0, 0.05) is 12.4 Å². The lowest BCUT2D eigenvalue weighted by Crippen LogP contribution is -1.85. The molecule has 1 nitrogen and oxygen atoms in total. The fraction of sp³-hybridized carbons (Fsp3) is 0.286.